The molecule has 0 amide bonds. The molecular formula is C7H2F12O3S. The molecule has 0 bridgehead atoms. The van der Waals surface area contributed by atoms with Gasteiger partial charge in [0.05, 0.1) is 0 Å². The van der Waals surface area contributed by atoms with E-state index in [4.69, 9.17) is 4.55 Å². The van der Waals surface area contributed by atoms with Crippen LogP contribution in [0.4, 0.5) is 52.7 Å². The van der Waals surface area contributed by atoms with E-state index < -0.39 is 51.2 Å². The van der Waals surface area contributed by atoms with Crippen LogP contribution in [0.1, 0.15) is 0 Å². The van der Waals surface area contributed by atoms with Gasteiger partial charge >= 0.3 is 33.4 Å². The van der Waals surface area contributed by atoms with Gasteiger partial charge in [-0.1, -0.05) is 0 Å². The molecule has 0 aromatic heterocycles. The molecule has 0 heterocycles. The average molecular weight is 394 g/mol. The minimum absolute atomic E-state index is 4.23. The Morgan fingerprint density at radius 1 is 0.870 bits per heavy atom. The summed E-state index contributed by atoms with van der Waals surface area (Å²) in [4.78, 5) is 0. The first-order valence-electron chi connectivity index (χ1n) is 4.59. The fraction of sp³-hybridized carbons (Fsp3) is 0.714. The Kier molecular flexibility index (Phi) is 5.42. The van der Waals surface area contributed by atoms with Gasteiger partial charge in [-0.05, 0) is 0 Å². The fourth-order valence-electron chi connectivity index (χ4n) is 0.921. The second kappa shape index (κ2) is 5.71. The van der Waals surface area contributed by atoms with Crippen LogP contribution in [0.2, 0.25) is 0 Å². The molecule has 0 saturated heterocycles. The van der Waals surface area contributed by atoms with Gasteiger partial charge in [0.25, 0.3) is 0 Å². The number of hydrogen-bond acceptors (Lipinski definition) is 2. The van der Waals surface area contributed by atoms with Crippen LogP contribution in [0.15, 0.2) is 11.7 Å². The Balaban J connectivity index is 6.19. The van der Waals surface area contributed by atoms with Crippen molar-refractivity contribution in [2.24, 2.45) is 0 Å². The quantitative estimate of drug-likeness (QED) is 0.571. The molecule has 0 fully saturated rings. The van der Waals surface area contributed by atoms with Crippen molar-refractivity contribution in [1.82, 2.24) is 0 Å². The van der Waals surface area contributed by atoms with Crippen LogP contribution in [0.3, 0.4) is 0 Å². The molecule has 16 heteroatoms. The van der Waals surface area contributed by atoms with E-state index in [1.807, 2.05) is 0 Å². The summed E-state index contributed by atoms with van der Waals surface area (Å²) in [5.41, 5.74) is 0. The lowest BCUT2D eigenvalue weighted by Crippen LogP contribution is -2.61. The monoisotopic (exact) mass is 394 g/mol. The maximum absolute atomic E-state index is 12.8. The number of allylic oxidation sites excluding steroid dienone is 2. The minimum atomic E-state index is -7.45. The van der Waals surface area contributed by atoms with Gasteiger partial charge in [-0.25, -0.2) is 8.78 Å². The lowest BCUT2D eigenvalue weighted by Gasteiger charge is -2.32. The molecule has 0 radical (unpaired) electrons. The third-order valence-corrected chi connectivity index (χ3v) is 3.01. The second-order valence-electron chi connectivity index (χ2n) is 3.71. The minimum Gasteiger partial charge on any atom is -0.281 e. The molecule has 0 rings (SSSR count). The summed E-state index contributed by atoms with van der Waals surface area (Å²) >= 11 is 0. The molecule has 3 nitrogen and oxygen atoms in total. The smallest absolute Gasteiger partial charge is 0.281 e. The number of hydrogen-bond donors (Lipinski definition) is 1. The molecule has 0 spiro atoms. The largest absolute Gasteiger partial charge is 0.445 e. The van der Waals surface area contributed by atoms with E-state index in [0.717, 1.165) is 0 Å². The molecule has 1 unspecified atom stereocenters. The summed E-state index contributed by atoms with van der Waals surface area (Å²) in [7, 11) is -7.34. The normalized spacial score (nSPS) is 17.8. The zero-order valence-electron chi connectivity index (χ0n) is 9.78. The molecule has 0 aromatic carbocycles. The van der Waals surface area contributed by atoms with E-state index in [1.54, 1.807) is 0 Å². The van der Waals surface area contributed by atoms with Crippen LogP contribution in [0.5, 0.6) is 0 Å². The predicted octanol–water partition coefficient (Wildman–Crippen LogP) is 3.79. The first-order valence-corrected chi connectivity index (χ1v) is 6.03. The second-order valence-corrected chi connectivity index (χ2v) is 5.17. The highest BCUT2D eigenvalue weighted by atomic mass is 32.2. The van der Waals surface area contributed by atoms with Crippen molar-refractivity contribution in [3.8, 4) is 0 Å². The van der Waals surface area contributed by atoms with E-state index >= 15 is 0 Å². The highest BCUT2D eigenvalue weighted by molar-refractivity contribution is 7.87. The maximum atomic E-state index is 12.8. The Hall–Kier alpha value is -1.19. The standard InChI is InChI=1S/C7H2F12O3S/c8-1(3(10)5(13,14)15)2(9)4(11,12)6(16,17)7(18,19)23(20,21)22/h2H,(H,20,21,22)/b3-1+. The lowest BCUT2D eigenvalue weighted by atomic mass is 10.1. The zero-order chi connectivity index (χ0) is 19.2. The van der Waals surface area contributed by atoms with E-state index in [2.05, 4.69) is 0 Å². The summed E-state index contributed by atoms with van der Waals surface area (Å²) in [6.07, 6.45) is -12.1. The Bertz CT molecular complexity index is 588. The number of alkyl halides is 10. The van der Waals surface area contributed by atoms with Gasteiger partial charge in [0.1, 0.15) is 0 Å². The molecule has 0 aliphatic heterocycles. The van der Waals surface area contributed by atoms with Gasteiger partial charge in [0.2, 0.25) is 12.0 Å². The van der Waals surface area contributed by atoms with Gasteiger partial charge in [0.15, 0.2) is 5.83 Å². The summed E-state index contributed by atoms with van der Waals surface area (Å²) < 4.78 is 176. The van der Waals surface area contributed by atoms with Crippen molar-refractivity contribution >= 4 is 10.1 Å². The van der Waals surface area contributed by atoms with Crippen molar-refractivity contribution in [3.63, 3.8) is 0 Å². The van der Waals surface area contributed by atoms with Crippen LogP contribution in [0.25, 0.3) is 0 Å². The van der Waals surface area contributed by atoms with Crippen molar-refractivity contribution < 1.29 is 65.7 Å². The molecule has 1 atom stereocenters. The van der Waals surface area contributed by atoms with Crippen LogP contribution in [-0.4, -0.2) is 42.4 Å². The third kappa shape index (κ3) is 3.51. The van der Waals surface area contributed by atoms with Gasteiger partial charge in [-0.15, -0.1) is 0 Å². The Labute approximate surface area is 118 Å². The first-order chi connectivity index (χ1) is 9.73. The topological polar surface area (TPSA) is 54.4 Å². The average Bonchev–Trinajstić information content (AvgIpc) is 2.32. The number of rotatable bonds is 5. The molecule has 0 aromatic rings. The maximum Gasteiger partial charge on any atom is 0.445 e. The number of halogens is 12. The summed E-state index contributed by atoms with van der Waals surface area (Å²) in [6.45, 7) is 0. The van der Waals surface area contributed by atoms with Crippen molar-refractivity contribution in [2.75, 3.05) is 0 Å². The van der Waals surface area contributed by atoms with E-state index in [0.29, 0.717) is 0 Å². The van der Waals surface area contributed by atoms with Crippen LogP contribution < -0.4 is 0 Å². The van der Waals surface area contributed by atoms with E-state index in [9.17, 15) is 61.1 Å². The van der Waals surface area contributed by atoms with Gasteiger partial charge < -0.3 is 0 Å². The van der Waals surface area contributed by atoms with Crippen LogP contribution >= 0.6 is 0 Å². The zero-order valence-corrected chi connectivity index (χ0v) is 10.6. The van der Waals surface area contributed by atoms with Crippen LogP contribution in [0, 0.1) is 0 Å². The highest BCUT2D eigenvalue weighted by Crippen LogP contribution is 2.52. The molecule has 138 valence electrons. The fourth-order valence-corrected chi connectivity index (χ4v) is 1.38. The summed E-state index contributed by atoms with van der Waals surface area (Å²) in [5, 5.41) is -7.14. The van der Waals surface area contributed by atoms with Crippen molar-refractivity contribution in [1.29, 1.82) is 0 Å². The highest BCUT2D eigenvalue weighted by Gasteiger charge is 2.80. The van der Waals surface area contributed by atoms with Gasteiger partial charge in [0, 0.05) is 0 Å². The third-order valence-electron chi connectivity index (χ3n) is 2.11. The first kappa shape index (κ1) is 21.8. The summed E-state index contributed by atoms with van der Waals surface area (Å²) in [5.74, 6) is -23.1. The van der Waals surface area contributed by atoms with E-state index in [-0.39, 0.29) is 0 Å². The predicted molar refractivity (Wildman–Crippen MR) is 46.6 cm³/mol. The lowest BCUT2D eigenvalue weighted by molar-refractivity contribution is -0.297. The summed E-state index contributed by atoms with van der Waals surface area (Å²) in [6, 6.07) is 0. The molecule has 0 aliphatic carbocycles. The van der Waals surface area contributed by atoms with Crippen molar-refractivity contribution in [2.45, 2.75) is 29.4 Å². The van der Waals surface area contributed by atoms with Gasteiger partial charge in [-0.3, -0.25) is 4.55 Å². The van der Waals surface area contributed by atoms with E-state index in [1.165, 1.54) is 0 Å². The molecule has 0 aliphatic rings. The Morgan fingerprint density at radius 3 is 1.48 bits per heavy atom. The van der Waals surface area contributed by atoms with Crippen molar-refractivity contribution in [3.05, 3.63) is 11.7 Å². The Morgan fingerprint density at radius 2 is 1.22 bits per heavy atom. The molecular weight excluding hydrogens is 392 g/mol. The van der Waals surface area contributed by atoms with Crippen LogP contribution in [-0.2, 0) is 10.1 Å². The molecule has 0 saturated carbocycles. The molecule has 23 heavy (non-hydrogen) atoms. The molecule has 1 N–H and O–H groups in total. The SMILES string of the molecule is O=S(=O)(O)C(F)(F)C(F)(F)C(F)(F)C(F)/C(F)=C(\F)C(F)(F)F. The van der Waals surface area contributed by atoms with Gasteiger partial charge in [-0.2, -0.15) is 52.3 Å².